The van der Waals surface area contributed by atoms with Crippen LogP contribution in [0.3, 0.4) is 0 Å². The van der Waals surface area contributed by atoms with E-state index in [1.165, 1.54) is 0 Å². The molecule has 1 heterocycles. The van der Waals surface area contributed by atoms with Crippen molar-refractivity contribution in [1.82, 2.24) is 15.4 Å². The smallest absolute Gasteiger partial charge is 0.361 e. The molecule has 1 N–H and O–H groups in total. The lowest BCUT2D eigenvalue weighted by Gasteiger charge is -2.10. The van der Waals surface area contributed by atoms with Gasteiger partial charge in [0.15, 0.2) is 5.69 Å². The van der Waals surface area contributed by atoms with E-state index >= 15 is 0 Å². The molecule has 3 aromatic rings. The van der Waals surface area contributed by atoms with Gasteiger partial charge in [0.25, 0.3) is 0 Å². The van der Waals surface area contributed by atoms with Crippen LogP contribution in [0.15, 0.2) is 48.5 Å². The van der Waals surface area contributed by atoms with Crippen LogP contribution >= 0.6 is 0 Å². The number of aromatic nitrogens is 3. The fourth-order valence-corrected chi connectivity index (χ4v) is 2.47. The number of esters is 1. The van der Waals surface area contributed by atoms with Crippen LogP contribution < -0.4 is 4.74 Å². The summed E-state index contributed by atoms with van der Waals surface area (Å²) in [6.07, 6.45) is 0. The average molecular weight is 323 g/mol. The molecule has 6 heteroatoms. The molecule has 0 radical (unpaired) electrons. The van der Waals surface area contributed by atoms with Crippen molar-refractivity contribution in [3.8, 4) is 28.1 Å². The van der Waals surface area contributed by atoms with Crippen molar-refractivity contribution in [2.45, 2.75) is 6.92 Å². The van der Waals surface area contributed by atoms with E-state index in [1.54, 1.807) is 14.0 Å². The number of nitrogens with one attached hydrogen (secondary N) is 1. The number of nitrogens with zero attached hydrogens (tertiary/aromatic N) is 2. The van der Waals surface area contributed by atoms with Gasteiger partial charge in [-0.25, -0.2) is 4.79 Å². The zero-order valence-electron chi connectivity index (χ0n) is 13.4. The molecule has 0 amide bonds. The lowest BCUT2D eigenvalue weighted by Crippen LogP contribution is -2.06. The van der Waals surface area contributed by atoms with Gasteiger partial charge in [-0.1, -0.05) is 30.3 Å². The summed E-state index contributed by atoms with van der Waals surface area (Å²) in [6, 6.07) is 15.5. The van der Waals surface area contributed by atoms with Crippen molar-refractivity contribution in [2.24, 2.45) is 0 Å². The van der Waals surface area contributed by atoms with Crippen LogP contribution in [0, 0.1) is 0 Å². The first-order valence-corrected chi connectivity index (χ1v) is 7.56. The molecule has 6 nitrogen and oxygen atoms in total. The van der Waals surface area contributed by atoms with Crippen LogP contribution in [0.2, 0.25) is 0 Å². The zero-order chi connectivity index (χ0) is 16.9. The lowest BCUT2D eigenvalue weighted by atomic mass is 10.00. The maximum absolute atomic E-state index is 12.0. The van der Waals surface area contributed by atoms with Gasteiger partial charge in [-0.05, 0) is 30.7 Å². The van der Waals surface area contributed by atoms with E-state index < -0.39 is 5.97 Å². The first-order valence-electron chi connectivity index (χ1n) is 7.56. The topological polar surface area (TPSA) is 77.1 Å². The fourth-order valence-electron chi connectivity index (χ4n) is 2.47. The Balaban J connectivity index is 2.08. The van der Waals surface area contributed by atoms with Gasteiger partial charge in [-0.3, -0.25) is 0 Å². The summed E-state index contributed by atoms with van der Waals surface area (Å²) >= 11 is 0. The zero-order valence-corrected chi connectivity index (χ0v) is 13.4. The number of benzene rings is 2. The summed E-state index contributed by atoms with van der Waals surface area (Å²) in [5.41, 5.74) is 3.30. The number of ether oxygens (including phenoxy) is 2. The molecule has 0 aliphatic rings. The van der Waals surface area contributed by atoms with E-state index in [1.807, 2.05) is 48.5 Å². The van der Waals surface area contributed by atoms with E-state index in [4.69, 9.17) is 9.47 Å². The number of aromatic amines is 1. The second-order valence-corrected chi connectivity index (χ2v) is 5.02. The van der Waals surface area contributed by atoms with Gasteiger partial charge in [-0.2, -0.15) is 10.3 Å². The third kappa shape index (κ3) is 2.99. The van der Waals surface area contributed by atoms with Crippen LogP contribution in [-0.4, -0.2) is 35.1 Å². The van der Waals surface area contributed by atoms with Gasteiger partial charge < -0.3 is 9.47 Å². The summed E-state index contributed by atoms with van der Waals surface area (Å²) in [7, 11) is 1.63. The maximum Gasteiger partial charge on any atom is 0.361 e. The van der Waals surface area contributed by atoms with Gasteiger partial charge >= 0.3 is 5.97 Å². The van der Waals surface area contributed by atoms with Crippen LogP contribution in [0.25, 0.3) is 22.4 Å². The number of H-pyrrole nitrogens is 1. The molecule has 0 atom stereocenters. The minimum absolute atomic E-state index is 0.168. The van der Waals surface area contributed by atoms with Crippen molar-refractivity contribution < 1.29 is 14.3 Å². The normalized spacial score (nSPS) is 10.4. The Kier molecular flexibility index (Phi) is 4.56. The minimum atomic E-state index is -0.502. The molecule has 122 valence electrons. The maximum atomic E-state index is 12.0. The molecule has 0 fully saturated rings. The largest absolute Gasteiger partial charge is 0.496 e. The number of hydrogen-bond donors (Lipinski definition) is 1. The minimum Gasteiger partial charge on any atom is -0.496 e. The quantitative estimate of drug-likeness (QED) is 0.729. The van der Waals surface area contributed by atoms with E-state index in [9.17, 15) is 4.79 Å². The Morgan fingerprint density at radius 2 is 1.88 bits per heavy atom. The lowest BCUT2D eigenvalue weighted by molar-refractivity contribution is 0.0520. The van der Waals surface area contributed by atoms with E-state index in [0.29, 0.717) is 5.69 Å². The molecule has 0 spiro atoms. The monoisotopic (exact) mass is 323 g/mol. The third-order valence-corrected chi connectivity index (χ3v) is 3.57. The Hall–Kier alpha value is -3.15. The molecule has 0 bridgehead atoms. The Bertz CT molecular complexity index is 844. The van der Waals surface area contributed by atoms with Crippen molar-refractivity contribution in [3.05, 3.63) is 54.2 Å². The number of rotatable bonds is 5. The number of carbonyl (C=O) groups is 1. The van der Waals surface area contributed by atoms with Crippen molar-refractivity contribution in [1.29, 1.82) is 0 Å². The first kappa shape index (κ1) is 15.7. The van der Waals surface area contributed by atoms with Gasteiger partial charge in [-0.15, -0.1) is 5.10 Å². The van der Waals surface area contributed by atoms with Crippen molar-refractivity contribution in [3.63, 3.8) is 0 Å². The second kappa shape index (κ2) is 6.95. The van der Waals surface area contributed by atoms with Crippen LogP contribution in [0.5, 0.6) is 5.75 Å². The van der Waals surface area contributed by atoms with E-state index in [0.717, 1.165) is 22.4 Å². The molecule has 2 aromatic carbocycles. The van der Waals surface area contributed by atoms with Gasteiger partial charge in [0.2, 0.25) is 0 Å². The number of methoxy groups -OCH3 is 1. The summed E-state index contributed by atoms with van der Waals surface area (Å²) in [4.78, 5) is 12.0. The first-order chi connectivity index (χ1) is 11.7. The SMILES string of the molecule is CCOC(=O)c1n[nH]nc1-c1ccc(OC)c(-c2ccccc2)c1. The Morgan fingerprint density at radius 3 is 2.58 bits per heavy atom. The second-order valence-electron chi connectivity index (χ2n) is 5.02. The average Bonchev–Trinajstić information content (AvgIpc) is 3.12. The standard InChI is InChI=1S/C18H17N3O3/c1-3-24-18(22)17-16(19-21-20-17)13-9-10-15(23-2)14(11-13)12-7-5-4-6-8-12/h4-11H,3H2,1-2H3,(H,19,20,21). The van der Waals surface area contributed by atoms with Crippen LogP contribution in [-0.2, 0) is 4.74 Å². The van der Waals surface area contributed by atoms with Gasteiger partial charge in [0, 0.05) is 11.1 Å². The highest BCUT2D eigenvalue weighted by atomic mass is 16.5. The highest BCUT2D eigenvalue weighted by Gasteiger charge is 2.20. The number of carbonyl (C=O) groups excluding carboxylic acids is 1. The molecular formula is C18H17N3O3. The van der Waals surface area contributed by atoms with Crippen LogP contribution in [0.1, 0.15) is 17.4 Å². The predicted molar refractivity (Wildman–Crippen MR) is 89.8 cm³/mol. The molecule has 1 aromatic heterocycles. The van der Waals surface area contributed by atoms with E-state index in [-0.39, 0.29) is 12.3 Å². The summed E-state index contributed by atoms with van der Waals surface area (Å²) in [5.74, 6) is 0.240. The Morgan fingerprint density at radius 1 is 1.08 bits per heavy atom. The molecule has 0 saturated heterocycles. The summed E-state index contributed by atoms with van der Waals surface area (Å²) < 4.78 is 10.5. The molecular weight excluding hydrogens is 306 g/mol. The third-order valence-electron chi connectivity index (χ3n) is 3.57. The van der Waals surface area contributed by atoms with Gasteiger partial charge in [0.1, 0.15) is 11.4 Å². The molecule has 0 aliphatic heterocycles. The molecule has 24 heavy (non-hydrogen) atoms. The Labute approximate surface area is 139 Å². The van der Waals surface area contributed by atoms with Gasteiger partial charge in [0.05, 0.1) is 13.7 Å². The van der Waals surface area contributed by atoms with Crippen LogP contribution in [0.4, 0.5) is 0 Å². The van der Waals surface area contributed by atoms with Crippen molar-refractivity contribution in [2.75, 3.05) is 13.7 Å². The predicted octanol–water partition coefficient (Wildman–Crippen LogP) is 3.32. The molecule has 0 unspecified atom stereocenters. The molecule has 0 saturated carbocycles. The number of hydrogen-bond acceptors (Lipinski definition) is 5. The summed E-state index contributed by atoms with van der Waals surface area (Å²) in [6.45, 7) is 2.03. The highest BCUT2D eigenvalue weighted by molar-refractivity contribution is 5.94. The molecule has 3 rings (SSSR count). The van der Waals surface area contributed by atoms with E-state index in [2.05, 4.69) is 15.4 Å². The highest BCUT2D eigenvalue weighted by Crippen LogP contribution is 2.34. The van der Waals surface area contributed by atoms with Crippen molar-refractivity contribution >= 4 is 5.97 Å². The molecule has 0 aliphatic carbocycles. The summed E-state index contributed by atoms with van der Waals surface area (Å²) in [5, 5.41) is 10.5. The fraction of sp³-hybridized carbons (Fsp3) is 0.167.